The quantitative estimate of drug-likeness (QED) is 0.728. The van der Waals surface area contributed by atoms with Gasteiger partial charge in [0.25, 0.3) is 0 Å². The van der Waals surface area contributed by atoms with Crippen molar-refractivity contribution in [2.45, 2.75) is 46.6 Å². The minimum Gasteiger partial charge on any atom is -0.385 e. The Bertz CT molecular complexity index is 413. The lowest BCUT2D eigenvalue weighted by Crippen LogP contribution is -2.25. The summed E-state index contributed by atoms with van der Waals surface area (Å²) in [6, 6.07) is 0. The van der Waals surface area contributed by atoms with Crippen LogP contribution >= 0.6 is 0 Å². The van der Waals surface area contributed by atoms with Crippen molar-refractivity contribution in [2.75, 3.05) is 20.3 Å². The molecule has 0 unspecified atom stereocenters. The molecule has 0 saturated heterocycles. The van der Waals surface area contributed by atoms with Gasteiger partial charge < -0.3 is 10.1 Å². The van der Waals surface area contributed by atoms with Gasteiger partial charge in [0.2, 0.25) is 5.91 Å². The Balaban J connectivity index is 2.40. The van der Waals surface area contributed by atoms with Crippen molar-refractivity contribution in [3.05, 3.63) is 17.0 Å². The topological polar surface area (TPSA) is 56.2 Å². The zero-order valence-electron chi connectivity index (χ0n) is 12.5. The summed E-state index contributed by atoms with van der Waals surface area (Å²) in [5, 5.41) is 7.36. The van der Waals surface area contributed by atoms with Crippen molar-refractivity contribution in [2.24, 2.45) is 0 Å². The molecule has 1 aromatic rings. The summed E-state index contributed by atoms with van der Waals surface area (Å²) in [5.74, 6) is 0.0964. The van der Waals surface area contributed by atoms with Crippen LogP contribution in [0.15, 0.2) is 0 Å². The van der Waals surface area contributed by atoms with Crippen LogP contribution in [0.4, 0.5) is 0 Å². The maximum absolute atomic E-state index is 11.7. The van der Waals surface area contributed by atoms with Gasteiger partial charge in [-0.3, -0.25) is 9.48 Å². The maximum Gasteiger partial charge on any atom is 0.220 e. The number of hydrogen-bond acceptors (Lipinski definition) is 3. The third kappa shape index (κ3) is 4.67. The lowest BCUT2D eigenvalue weighted by Gasteiger charge is -2.05. The summed E-state index contributed by atoms with van der Waals surface area (Å²) in [4.78, 5) is 11.7. The van der Waals surface area contributed by atoms with Crippen LogP contribution in [-0.4, -0.2) is 35.9 Å². The standard InChI is InChI=1S/C14H25N3O2/c1-5-17-12(3)13(11(2)16-17)7-8-14(18)15-9-6-10-19-4/h5-10H2,1-4H3,(H,15,18). The molecule has 1 N–H and O–H groups in total. The first-order valence-electron chi connectivity index (χ1n) is 6.88. The van der Waals surface area contributed by atoms with Crippen LogP contribution in [0.2, 0.25) is 0 Å². The van der Waals surface area contributed by atoms with Crippen molar-refractivity contribution in [3.63, 3.8) is 0 Å². The number of carbonyl (C=O) groups is 1. The van der Waals surface area contributed by atoms with Crippen LogP contribution in [0.25, 0.3) is 0 Å². The molecule has 0 aliphatic rings. The molecule has 108 valence electrons. The van der Waals surface area contributed by atoms with Gasteiger partial charge in [-0.1, -0.05) is 0 Å². The lowest BCUT2D eigenvalue weighted by atomic mass is 10.1. The SMILES string of the molecule is CCn1nc(C)c(CCC(=O)NCCCOC)c1C. The molecule has 19 heavy (non-hydrogen) atoms. The fraction of sp³-hybridized carbons (Fsp3) is 0.714. The Morgan fingerprint density at radius 3 is 2.74 bits per heavy atom. The first-order chi connectivity index (χ1) is 9.10. The number of methoxy groups -OCH3 is 1. The molecule has 1 aromatic heterocycles. The van der Waals surface area contributed by atoms with Gasteiger partial charge in [-0.2, -0.15) is 5.10 Å². The third-order valence-corrected chi connectivity index (χ3v) is 3.28. The normalized spacial score (nSPS) is 10.7. The molecule has 1 heterocycles. The molecule has 0 radical (unpaired) electrons. The zero-order valence-corrected chi connectivity index (χ0v) is 12.5. The number of amides is 1. The van der Waals surface area contributed by atoms with Crippen LogP contribution in [0, 0.1) is 13.8 Å². The molecule has 1 amide bonds. The van der Waals surface area contributed by atoms with Gasteiger partial charge in [-0.05, 0) is 39.2 Å². The van der Waals surface area contributed by atoms with Crippen molar-refractivity contribution in [1.82, 2.24) is 15.1 Å². The highest BCUT2D eigenvalue weighted by molar-refractivity contribution is 5.76. The second-order valence-corrected chi connectivity index (χ2v) is 4.66. The van der Waals surface area contributed by atoms with E-state index in [2.05, 4.69) is 24.3 Å². The number of rotatable bonds is 8. The van der Waals surface area contributed by atoms with E-state index in [1.807, 2.05) is 11.6 Å². The second kappa shape index (κ2) is 7.94. The molecule has 0 aliphatic carbocycles. The highest BCUT2D eigenvalue weighted by Gasteiger charge is 2.11. The zero-order chi connectivity index (χ0) is 14.3. The predicted octanol–water partition coefficient (Wildman–Crippen LogP) is 1.61. The maximum atomic E-state index is 11.7. The van der Waals surface area contributed by atoms with Gasteiger partial charge in [0, 0.05) is 38.9 Å². The van der Waals surface area contributed by atoms with Crippen molar-refractivity contribution in [3.8, 4) is 0 Å². The molecule has 0 saturated carbocycles. The molecule has 0 atom stereocenters. The van der Waals surface area contributed by atoms with Crippen molar-refractivity contribution < 1.29 is 9.53 Å². The van der Waals surface area contributed by atoms with Gasteiger partial charge >= 0.3 is 0 Å². The highest BCUT2D eigenvalue weighted by atomic mass is 16.5. The smallest absolute Gasteiger partial charge is 0.220 e. The van der Waals surface area contributed by atoms with Gasteiger partial charge in [0.1, 0.15) is 0 Å². The Hall–Kier alpha value is -1.36. The third-order valence-electron chi connectivity index (χ3n) is 3.28. The summed E-state index contributed by atoms with van der Waals surface area (Å²) in [6.45, 7) is 8.38. The monoisotopic (exact) mass is 267 g/mol. The molecule has 0 aromatic carbocycles. The number of aryl methyl sites for hydroxylation is 2. The molecular weight excluding hydrogens is 242 g/mol. The summed E-state index contributed by atoms with van der Waals surface area (Å²) in [7, 11) is 1.67. The summed E-state index contributed by atoms with van der Waals surface area (Å²) in [5.41, 5.74) is 3.41. The van der Waals surface area contributed by atoms with Gasteiger partial charge in [-0.15, -0.1) is 0 Å². The number of aromatic nitrogens is 2. The minimum absolute atomic E-state index is 0.0964. The van der Waals surface area contributed by atoms with E-state index in [0.29, 0.717) is 19.6 Å². The number of hydrogen-bond donors (Lipinski definition) is 1. The highest BCUT2D eigenvalue weighted by Crippen LogP contribution is 2.14. The average Bonchev–Trinajstić information content (AvgIpc) is 2.67. The Kier molecular flexibility index (Phi) is 6.56. The fourth-order valence-electron chi connectivity index (χ4n) is 2.17. The van der Waals surface area contributed by atoms with E-state index in [0.717, 1.165) is 25.1 Å². The number of carbonyl (C=O) groups excluding carboxylic acids is 1. The minimum atomic E-state index is 0.0964. The fourth-order valence-corrected chi connectivity index (χ4v) is 2.17. The van der Waals surface area contributed by atoms with E-state index in [1.165, 1.54) is 11.3 Å². The van der Waals surface area contributed by atoms with Gasteiger partial charge in [-0.25, -0.2) is 0 Å². The van der Waals surface area contributed by atoms with Crippen LogP contribution in [-0.2, 0) is 22.5 Å². The number of ether oxygens (including phenoxy) is 1. The van der Waals surface area contributed by atoms with Gasteiger partial charge in [0.05, 0.1) is 5.69 Å². The number of nitrogens with one attached hydrogen (secondary N) is 1. The Morgan fingerprint density at radius 1 is 1.42 bits per heavy atom. The van der Waals surface area contributed by atoms with E-state index in [4.69, 9.17) is 4.74 Å². The van der Waals surface area contributed by atoms with E-state index < -0.39 is 0 Å². The molecule has 0 fully saturated rings. The largest absolute Gasteiger partial charge is 0.385 e. The summed E-state index contributed by atoms with van der Waals surface area (Å²) < 4.78 is 6.92. The van der Waals surface area contributed by atoms with E-state index in [9.17, 15) is 4.79 Å². The van der Waals surface area contributed by atoms with Gasteiger partial charge in [0.15, 0.2) is 0 Å². The predicted molar refractivity (Wildman–Crippen MR) is 75.2 cm³/mol. The molecule has 0 aliphatic heterocycles. The van der Waals surface area contributed by atoms with E-state index in [-0.39, 0.29) is 5.91 Å². The molecule has 0 spiro atoms. The molecule has 5 heteroatoms. The first kappa shape index (κ1) is 15.7. The van der Waals surface area contributed by atoms with Crippen LogP contribution < -0.4 is 5.32 Å². The summed E-state index contributed by atoms with van der Waals surface area (Å²) in [6.07, 6.45) is 2.13. The van der Waals surface area contributed by atoms with Crippen molar-refractivity contribution >= 4 is 5.91 Å². The summed E-state index contributed by atoms with van der Waals surface area (Å²) >= 11 is 0. The number of nitrogens with zero attached hydrogens (tertiary/aromatic N) is 2. The Labute approximate surface area is 115 Å². The second-order valence-electron chi connectivity index (χ2n) is 4.66. The van der Waals surface area contributed by atoms with Crippen molar-refractivity contribution in [1.29, 1.82) is 0 Å². The molecular formula is C14H25N3O2. The lowest BCUT2D eigenvalue weighted by molar-refractivity contribution is -0.121. The first-order valence-corrected chi connectivity index (χ1v) is 6.88. The van der Waals surface area contributed by atoms with E-state index in [1.54, 1.807) is 7.11 Å². The van der Waals surface area contributed by atoms with E-state index >= 15 is 0 Å². The van der Waals surface area contributed by atoms with Crippen LogP contribution in [0.5, 0.6) is 0 Å². The molecule has 0 bridgehead atoms. The average molecular weight is 267 g/mol. The Morgan fingerprint density at radius 2 is 2.16 bits per heavy atom. The molecule has 1 rings (SSSR count). The van der Waals surface area contributed by atoms with Crippen LogP contribution in [0.3, 0.4) is 0 Å². The van der Waals surface area contributed by atoms with Crippen LogP contribution in [0.1, 0.15) is 36.7 Å². The molecule has 5 nitrogen and oxygen atoms in total.